The summed E-state index contributed by atoms with van der Waals surface area (Å²) in [4.78, 5) is 14.6. The molecule has 0 bridgehead atoms. The molecule has 10 heteroatoms. The van der Waals surface area contributed by atoms with E-state index < -0.39 is 22.2 Å². The zero-order chi connectivity index (χ0) is 28.9. The van der Waals surface area contributed by atoms with E-state index in [1.54, 1.807) is 43.1 Å². The fourth-order valence-electron chi connectivity index (χ4n) is 5.08. The van der Waals surface area contributed by atoms with Gasteiger partial charge in [0.15, 0.2) is 0 Å². The number of nitrogens with one attached hydrogen (secondary N) is 1. The molecule has 0 aromatic heterocycles. The highest BCUT2D eigenvalue weighted by Crippen LogP contribution is 2.34. The Morgan fingerprint density at radius 3 is 2.48 bits per heavy atom. The lowest BCUT2D eigenvalue weighted by Crippen LogP contribution is -2.52. The van der Waals surface area contributed by atoms with Crippen LogP contribution < -0.4 is 10.1 Å². The van der Waals surface area contributed by atoms with Crippen molar-refractivity contribution >= 4 is 27.7 Å². The smallest absolute Gasteiger partial charge is 0.317 e. The van der Waals surface area contributed by atoms with Gasteiger partial charge in [0.25, 0.3) is 0 Å². The number of ether oxygens (including phenoxy) is 1. The van der Waals surface area contributed by atoms with Crippen LogP contribution in [0.4, 0.5) is 4.79 Å². The number of rotatable bonds is 5. The summed E-state index contributed by atoms with van der Waals surface area (Å²) in [5.74, 6) is 6.04. The molecule has 0 saturated heterocycles. The van der Waals surface area contributed by atoms with Gasteiger partial charge in [-0.1, -0.05) is 49.6 Å². The molecular formula is C30H38ClN3O5S. The van der Waals surface area contributed by atoms with E-state index in [9.17, 15) is 18.3 Å². The third-order valence-electron chi connectivity index (χ3n) is 7.60. The van der Waals surface area contributed by atoms with Gasteiger partial charge in [-0.3, -0.25) is 0 Å². The minimum Gasteiger partial charge on any atom is -0.487 e. The van der Waals surface area contributed by atoms with Crippen LogP contribution >= 0.6 is 11.6 Å². The molecule has 2 aliphatic rings. The number of halogens is 1. The molecule has 0 radical (unpaired) electrons. The summed E-state index contributed by atoms with van der Waals surface area (Å²) < 4.78 is 35.1. The van der Waals surface area contributed by atoms with Gasteiger partial charge in [0.1, 0.15) is 16.7 Å². The van der Waals surface area contributed by atoms with Gasteiger partial charge < -0.3 is 20.1 Å². The van der Waals surface area contributed by atoms with E-state index in [0.717, 1.165) is 31.2 Å². The zero-order valence-electron chi connectivity index (χ0n) is 23.3. The number of hydrogen-bond acceptors (Lipinski definition) is 5. The normalized spacial score (nSPS) is 21.9. The number of fused-ring (bicyclic) bond motifs is 1. The third kappa shape index (κ3) is 7.29. The Balaban J connectivity index is 1.64. The lowest BCUT2D eigenvalue weighted by atomic mass is 9.96. The molecule has 0 unspecified atom stereocenters. The lowest BCUT2D eigenvalue weighted by Gasteiger charge is -2.37. The summed E-state index contributed by atoms with van der Waals surface area (Å²) in [6.07, 6.45) is 4.90. The number of sulfonamides is 1. The van der Waals surface area contributed by atoms with E-state index in [4.69, 9.17) is 16.3 Å². The first-order chi connectivity index (χ1) is 19.1. The van der Waals surface area contributed by atoms with Crippen molar-refractivity contribution < 1.29 is 23.1 Å². The number of benzene rings is 2. The second-order valence-electron chi connectivity index (χ2n) is 10.8. The van der Waals surface area contributed by atoms with Crippen molar-refractivity contribution in [2.45, 2.75) is 69.0 Å². The van der Waals surface area contributed by atoms with Crippen molar-refractivity contribution in [2.24, 2.45) is 5.92 Å². The van der Waals surface area contributed by atoms with Crippen LogP contribution in [0.15, 0.2) is 47.4 Å². The van der Waals surface area contributed by atoms with Gasteiger partial charge in [-0.15, -0.1) is 0 Å². The third-order valence-corrected chi connectivity index (χ3v) is 9.87. The number of urea groups is 1. The molecule has 216 valence electrons. The molecule has 2 aromatic carbocycles. The van der Waals surface area contributed by atoms with Crippen molar-refractivity contribution in [2.75, 3.05) is 26.7 Å². The highest BCUT2D eigenvalue weighted by atomic mass is 35.5. The number of nitrogens with zero attached hydrogens (tertiary/aromatic N) is 2. The Kier molecular flexibility index (Phi) is 10.0. The van der Waals surface area contributed by atoms with Crippen LogP contribution in [-0.2, 0) is 10.0 Å². The summed E-state index contributed by atoms with van der Waals surface area (Å²) in [6.45, 7) is 3.67. The van der Waals surface area contributed by atoms with E-state index >= 15 is 0 Å². The molecule has 40 heavy (non-hydrogen) atoms. The predicted molar refractivity (Wildman–Crippen MR) is 156 cm³/mol. The van der Waals surface area contributed by atoms with Crippen LogP contribution in [0.2, 0.25) is 5.02 Å². The van der Waals surface area contributed by atoms with Gasteiger partial charge >= 0.3 is 6.03 Å². The van der Waals surface area contributed by atoms with Crippen molar-refractivity contribution in [3.05, 3.63) is 58.6 Å². The minimum absolute atomic E-state index is 0.0102. The predicted octanol–water partition coefficient (Wildman–Crippen LogP) is 4.48. The highest BCUT2D eigenvalue weighted by Gasteiger charge is 2.38. The van der Waals surface area contributed by atoms with E-state index in [1.165, 1.54) is 16.8 Å². The Morgan fingerprint density at radius 2 is 1.80 bits per heavy atom. The van der Waals surface area contributed by atoms with Gasteiger partial charge in [0.2, 0.25) is 10.0 Å². The van der Waals surface area contributed by atoms with Crippen LogP contribution in [0.3, 0.4) is 0 Å². The second-order valence-corrected chi connectivity index (χ2v) is 13.1. The molecule has 2 aromatic rings. The fourth-order valence-corrected chi connectivity index (χ4v) is 7.04. The summed E-state index contributed by atoms with van der Waals surface area (Å²) in [7, 11) is -2.24. The SMILES string of the molecule is C[C@@H]1CN([C@@H](C)CO)S(=O)(=O)c2ccc(C#Cc3ccc(Cl)cc3)cc2O[C@H]1CN(C)C(=O)NC1CCCCC1. The van der Waals surface area contributed by atoms with E-state index in [1.807, 2.05) is 19.1 Å². The highest BCUT2D eigenvalue weighted by molar-refractivity contribution is 7.89. The largest absolute Gasteiger partial charge is 0.487 e. The van der Waals surface area contributed by atoms with Crippen LogP contribution in [0.25, 0.3) is 0 Å². The maximum Gasteiger partial charge on any atom is 0.317 e. The first-order valence-corrected chi connectivity index (χ1v) is 15.6. The number of likely N-dealkylation sites (N-methyl/N-ethyl adjacent to an activating group) is 1. The van der Waals surface area contributed by atoms with E-state index in [0.29, 0.717) is 10.6 Å². The first-order valence-electron chi connectivity index (χ1n) is 13.8. The monoisotopic (exact) mass is 587 g/mol. The van der Waals surface area contributed by atoms with Gasteiger partial charge in [-0.2, -0.15) is 4.31 Å². The lowest BCUT2D eigenvalue weighted by molar-refractivity contribution is 0.0806. The Bertz CT molecular complexity index is 1350. The number of aliphatic hydroxyl groups is 1. The average molecular weight is 588 g/mol. The maximum absolute atomic E-state index is 13.7. The molecule has 3 atom stereocenters. The standard InChI is InChI=1S/C30H38ClN3O5S/c1-21-18-34(22(2)20-35)40(37,38)29-16-13-24(10-9-23-11-14-25(31)15-12-23)17-27(29)39-28(21)19-33(3)30(36)32-26-7-5-4-6-8-26/h11-17,21-22,26,28,35H,4-8,18-20H2,1-3H3,(H,32,36)/t21-,22+,28+/m1/s1. The molecule has 1 aliphatic carbocycles. The molecule has 0 spiro atoms. The summed E-state index contributed by atoms with van der Waals surface area (Å²) >= 11 is 5.97. The zero-order valence-corrected chi connectivity index (χ0v) is 24.8. The number of carbonyl (C=O) groups excluding carboxylic acids is 1. The molecule has 1 saturated carbocycles. The van der Waals surface area contributed by atoms with E-state index in [-0.39, 0.29) is 48.3 Å². The maximum atomic E-state index is 13.7. The molecule has 1 fully saturated rings. The van der Waals surface area contributed by atoms with Gasteiger partial charge in [0.05, 0.1) is 13.2 Å². The van der Waals surface area contributed by atoms with Crippen molar-refractivity contribution in [3.8, 4) is 17.6 Å². The Labute approximate surface area is 242 Å². The van der Waals surface area contributed by atoms with Gasteiger partial charge in [-0.05, 0) is 62.2 Å². The minimum atomic E-state index is -3.97. The number of amides is 2. The Morgan fingerprint density at radius 1 is 1.15 bits per heavy atom. The molecule has 2 N–H and O–H groups in total. The fraction of sp³-hybridized carbons (Fsp3) is 0.500. The van der Waals surface area contributed by atoms with Gasteiger partial charge in [0, 0.05) is 47.7 Å². The van der Waals surface area contributed by atoms with Crippen LogP contribution in [0.1, 0.15) is 57.1 Å². The van der Waals surface area contributed by atoms with Crippen LogP contribution in [0, 0.1) is 17.8 Å². The summed E-state index contributed by atoms with van der Waals surface area (Å²) in [5, 5.41) is 13.6. The molecule has 1 aliphatic heterocycles. The van der Waals surface area contributed by atoms with Crippen LogP contribution in [0.5, 0.6) is 5.75 Å². The number of hydrogen-bond donors (Lipinski definition) is 2. The molecule has 1 heterocycles. The average Bonchev–Trinajstić information content (AvgIpc) is 2.94. The molecule has 4 rings (SSSR count). The van der Waals surface area contributed by atoms with Gasteiger partial charge in [-0.25, -0.2) is 13.2 Å². The number of carbonyl (C=O) groups is 1. The summed E-state index contributed by atoms with van der Waals surface area (Å²) in [6, 6.07) is 11.3. The second kappa shape index (κ2) is 13.3. The first kappa shape index (κ1) is 30.2. The van der Waals surface area contributed by atoms with Crippen molar-refractivity contribution in [3.63, 3.8) is 0 Å². The summed E-state index contributed by atoms with van der Waals surface area (Å²) in [5.41, 5.74) is 1.35. The van der Waals surface area contributed by atoms with Crippen LogP contribution in [-0.4, -0.2) is 73.7 Å². The molecule has 8 nitrogen and oxygen atoms in total. The number of aliphatic hydroxyl groups excluding tert-OH is 1. The van der Waals surface area contributed by atoms with Crippen molar-refractivity contribution in [1.82, 2.24) is 14.5 Å². The Hall–Kier alpha value is -2.77. The van der Waals surface area contributed by atoms with E-state index in [2.05, 4.69) is 17.2 Å². The quantitative estimate of drug-likeness (QED) is 0.503. The molecule has 2 amide bonds. The topological polar surface area (TPSA) is 99.2 Å². The molecular weight excluding hydrogens is 550 g/mol. The van der Waals surface area contributed by atoms with Crippen molar-refractivity contribution in [1.29, 1.82) is 0 Å².